The van der Waals surface area contributed by atoms with Crippen LogP contribution < -0.4 is 30.7 Å². The maximum absolute atomic E-state index is 13.2. The summed E-state index contributed by atoms with van der Waals surface area (Å²) in [5.41, 5.74) is 6.49. The number of aryl methyl sites for hydroxylation is 2. The number of methoxy groups -OCH3 is 2. The molecule has 1 amide bonds. The van der Waals surface area contributed by atoms with E-state index in [0.29, 0.717) is 29.6 Å². The van der Waals surface area contributed by atoms with Crippen LogP contribution in [0, 0.1) is 0 Å². The monoisotopic (exact) mass is 502 g/mol. The number of H-pyrrole nitrogens is 1. The summed E-state index contributed by atoms with van der Waals surface area (Å²) in [6.45, 7) is 0.431. The normalized spacial score (nSPS) is 12.3. The summed E-state index contributed by atoms with van der Waals surface area (Å²) in [5, 5.41) is 3.54. The number of amides is 1. The number of aromatic amines is 1. The number of ether oxygens (including phenoxy) is 2. The van der Waals surface area contributed by atoms with Crippen molar-refractivity contribution >= 4 is 22.9 Å². The van der Waals surface area contributed by atoms with Crippen LogP contribution in [-0.2, 0) is 24.2 Å². The summed E-state index contributed by atoms with van der Waals surface area (Å²) < 4.78 is 12.5. The number of benzene rings is 2. The molecule has 3 N–H and O–H groups in total. The number of hydrogen-bond donors (Lipinski definition) is 2. The molecule has 0 fully saturated rings. The van der Waals surface area contributed by atoms with E-state index in [0.717, 1.165) is 30.5 Å². The highest BCUT2D eigenvalue weighted by Crippen LogP contribution is 2.26. The predicted molar refractivity (Wildman–Crippen MR) is 137 cm³/mol. The van der Waals surface area contributed by atoms with E-state index in [1.807, 2.05) is 18.2 Å². The van der Waals surface area contributed by atoms with Crippen molar-refractivity contribution in [3.8, 4) is 17.2 Å². The van der Waals surface area contributed by atoms with Crippen LogP contribution >= 0.6 is 0 Å². The lowest BCUT2D eigenvalue weighted by atomic mass is 10.1. The average Bonchev–Trinajstić information content (AvgIpc) is 3.40. The summed E-state index contributed by atoms with van der Waals surface area (Å²) in [5.74, 6) is 1.19. The van der Waals surface area contributed by atoms with E-state index in [1.54, 1.807) is 31.0 Å². The van der Waals surface area contributed by atoms with Gasteiger partial charge >= 0.3 is 5.95 Å². The first-order valence-electron chi connectivity index (χ1n) is 11.9. The third-order valence-corrected chi connectivity index (χ3v) is 6.46. The zero-order valence-corrected chi connectivity index (χ0v) is 20.9. The number of rotatable bonds is 8. The molecule has 0 unspecified atom stereocenters. The van der Waals surface area contributed by atoms with Crippen LogP contribution in [0.3, 0.4) is 0 Å². The van der Waals surface area contributed by atoms with E-state index >= 15 is 0 Å². The lowest BCUT2D eigenvalue weighted by Gasteiger charge is -2.12. The van der Waals surface area contributed by atoms with Gasteiger partial charge in [-0.25, -0.2) is 10.5 Å². The zero-order chi connectivity index (χ0) is 25.9. The minimum atomic E-state index is -0.626. The molecular weight excluding hydrogens is 474 g/mol. The summed E-state index contributed by atoms with van der Waals surface area (Å²) in [6.07, 6.45) is 6.24. The number of fused-ring (bicyclic) bond motifs is 2. The maximum atomic E-state index is 13.2. The summed E-state index contributed by atoms with van der Waals surface area (Å²) in [6, 6.07) is 11.8. The lowest BCUT2D eigenvalue weighted by Crippen LogP contribution is -2.30. The van der Waals surface area contributed by atoms with Crippen molar-refractivity contribution < 1.29 is 24.1 Å². The van der Waals surface area contributed by atoms with Gasteiger partial charge in [0, 0.05) is 18.0 Å². The quantitative estimate of drug-likeness (QED) is 0.356. The molecule has 2 aromatic carbocycles. The standard InChI is InChI=1S/C27H27N5O5/c1-35-20-9-16(10-21(12-20)36-2)13-28-27-29-14-22-24(33)23(26(34)31-37-3)15-32(25(22)30-27)19-8-7-17-5-4-6-18(17)11-19/h7-12,14-15H,4-6,13H2,1-3H3,(H,31,34)(H,28,29,30)/p+1. The number of nitrogens with one attached hydrogen (secondary N) is 3. The number of aromatic nitrogens is 3. The van der Waals surface area contributed by atoms with Gasteiger partial charge in [0.2, 0.25) is 11.1 Å². The molecule has 0 bridgehead atoms. The van der Waals surface area contributed by atoms with Crippen LogP contribution in [0.5, 0.6) is 11.5 Å². The smallest absolute Gasteiger partial charge is 0.391 e. The van der Waals surface area contributed by atoms with Crippen molar-refractivity contribution in [1.29, 1.82) is 0 Å². The van der Waals surface area contributed by atoms with Crippen LogP contribution in [-0.4, -0.2) is 36.8 Å². The van der Waals surface area contributed by atoms with E-state index in [4.69, 9.17) is 19.3 Å². The molecule has 37 heavy (non-hydrogen) atoms. The van der Waals surface area contributed by atoms with Crippen LogP contribution in [0.4, 0.5) is 5.95 Å². The third kappa shape index (κ3) is 4.83. The molecule has 0 aliphatic heterocycles. The lowest BCUT2D eigenvalue weighted by molar-refractivity contribution is -0.363. The Kier molecular flexibility index (Phi) is 6.74. The van der Waals surface area contributed by atoms with E-state index in [9.17, 15) is 9.59 Å². The topological polar surface area (TPSA) is 118 Å². The first-order chi connectivity index (χ1) is 18.0. The number of hydroxylamine groups is 1. The van der Waals surface area contributed by atoms with Crippen LogP contribution in [0.15, 0.2) is 53.6 Å². The highest BCUT2D eigenvalue weighted by molar-refractivity contribution is 5.96. The second kappa shape index (κ2) is 10.3. The number of anilines is 1. The zero-order valence-electron chi connectivity index (χ0n) is 20.9. The molecule has 0 atom stereocenters. The predicted octanol–water partition coefficient (Wildman–Crippen LogP) is 2.61. The Hall–Kier alpha value is -4.44. The highest BCUT2D eigenvalue weighted by atomic mass is 16.6. The number of nitrogens with zero attached hydrogens (tertiary/aromatic N) is 2. The molecule has 2 heterocycles. The largest absolute Gasteiger partial charge is 0.497 e. The molecule has 5 rings (SSSR count). The molecule has 10 heteroatoms. The minimum absolute atomic E-state index is 0.0470. The third-order valence-electron chi connectivity index (χ3n) is 6.46. The van der Waals surface area contributed by atoms with E-state index < -0.39 is 11.3 Å². The van der Waals surface area contributed by atoms with Crippen molar-refractivity contribution in [2.24, 2.45) is 0 Å². The minimum Gasteiger partial charge on any atom is -0.497 e. The van der Waals surface area contributed by atoms with E-state index in [-0.39, 0.29) is 10.9 Å². The van der Waals surface area contributed by atoms with Crippen LogP contribution in [0.1, 0.15) is 33.5 Å². The Morgan fingerprint density at radius 1 is 1.05 bits per heavy atom. The van der Waals surface area contributed by atoms with Crippen molar-refractivity contribution in [1.82, 2.24) is 15.0 Å². The first kappa shape index (κ1) is 24.3. The number of carbonyl (C=O) groups excluding carboxylic acids is 1. The van der Waals surface area contributed by atoms with Gasteiger partial charge in [-0.1, -0.05) is 11.1 Å². The Morgan fingerprint density at radius 2 is 1.81 bits per heavy atom. The Bertz CT molecular complexity index is 1530. The van der Waals surface area contributed by atoms with Crippen LogP contribution in [0.2, 0.25) is 0 Å². The first-order valence-corrected chi connectivity index (χ1v) is 11.9. The maximum Gasteiger partial charge on any atom is 0.391 e. The summed E-state index contributed by atoms with van der Waals surface area (Å²) >= 11 is 0. The fraction of sp³-hybridized carbons (Fsp3) is 0.259. The van der Waals surface area contributed by atoms with Gasteiger partial charge < -0.3 is 9.47 Å². The molecule has 4 aromatic rings. The SMILES string of the molecule is CONC(=O)c1cn(-c2ccc3c(c2)CCC3)c2nc(NCc3cc(OC)cc(OC)c3)[nH+]cc2c1=O. The van der Waals surface area contributed by atoms with Gasteiger partial charge in [0.15, 0.2) is 0 Å². The van der Waals surface area contributed by atoms with E-state index in [1.165, 1.54) is 24.4 Å². The van der Waals surface area contributed by atoms with Crippen LogP contribution in [0.25, 0.3) is 16.7 Å². The summed E-state index contributed by atoms with van der Waals surface area (Å²) in [4.78, 5) is 38.3. The average molecular weight is 503 g/mol. The van der Waals surface area contributed by atoms with Gasteiger partial charge in [0.1, 0.15) is 22.4 Å². The molecular formula is C27H28N5O5+. The highest BCUT2D eigenvalue weighted by Gasteiger charge is 2.22. The Labute approximate surface area is 213 Å². The van der Waals surface area contributed by atoms with E-state index in [2.05, 4.69) is 27.9 Å². The molecule has 0 saturated carbocycles. The Morgan fingerprint density at radius 3 is 2.54 bits per heavy atom. The van der Waals surface area contributed by atoms with Gasteiger partial charge in [-0.2, -0.15) is 0 Å². The van der Waals surface area contributed by atoms with Gasteiger partial charge in [-0.15, -0.1) is 0 Å². The second-order valence-corrected chi connectivity index (χ2v) is 8.74. The van der Waals surface area contributed by atoms with Crippen molar-refractivity contribution in [3.05, 3.63) is 81.3 Å². The fourth-order valence-corrected chi connectivity index (χ4v) is 4.61. The Balaban J connectivity index is 1.58. The molecule has 10 nitrogen and oxygen atoms in total. The van der Waals surface area contributed by atoms with Gasteiger partial charge in [0.05, 0.1) is 34.1 Å². The second-order valence-electron chi connectivity index (χ2n) is 8.74. The molecule has 1 aliphatic carbocycles. The molecule has 1 aliphatic rings. The van der Waals surface area contributed by atoms with Gasteiger partial charge in [-0.05, 0) is 60.2 Å². The number of carbonyl (C=O) groups is 1. The number of pyridine rings is 1. The molecule has 0 radical (unpaired) electrons. The fourth-order valence-electron chi connectivity index (χ4n) is 4.61. The molecule has 0 saturated heterocycles. The number of hydrogen-bond acceptors (Lipinski definition) is 7. The van der Waals surface area contributed by atoms with Crippen molar-refractivity contribution in [3.63, 3.8) is 0 Å². The molecule has 0 spiro atoms. The van der Waals surface area contributed by atoms with Crippen molar-refractivity contribution in [2.45, 2.75) is 25.8 Å². The van der Waals surface area contributed by atoms with Gasteiger partial charge in [0.25, 0.3) is 5.91 Å². The molecule has 190 valence electrons. The van der Waals surface area contributed by atoms with Gasteiger partial charge in [-0.3, -0.25) is 24.3 Å². The summed E-state index contributed by atoms with van der Waals surface area (Å²) in [7, 11) is 4.53. The van der Waals surface area contributed by atoms with Crippen molar-refractivity contribution in [2.75, 3.05) is 26.6 Å². The molecule has 2 aromatic heterocycles.